The van der Waals surface area contributed by atoms with Gasteiger partial charge in [0.25, 0.3) is 5.91 Å². The molecule has 0 bridgehead atoms. The average molecular weight is 398 g/mol. The first-order valence-corrected chi connectivity index (χ1v) is 11.3. The molecule has 2 fully saturated rings. The first-order chi connectivity index (χ1) is 13.9. The van der Waals surface area contributed by atoms with Crippen LogP contribution in [-0.2, 0) is 17.6 Å². The van der Waals surface area contributed by atoms with Crippen LogP contribution in [0.4, 0.5) is 4.79 Å². The zero-order valence-electron chi connectivity index (χ0n) is 18.4. The molecule has 0 saturated carbocycles. The van der Waals surface area contributed by atoms with Gasteiger partial charge in [-0.3, -0.25) is 9.69 Å². The molecule has 1 atom stereocenters. The molecule has 1 spiro atoms. The Morgan fingerprint density at radius 2 is 1.62 bits per heavy atom. The minimum atomic E-state index is -0.639. The molecule has 0 N–H and O–H groups in total. The number of likely N-dealkylation sites (tertiary alicyclic amines) is 1. The molecular formula is C24H35N3O2. The first-order valence-electron chi connectivity index (χ1n) is 11.3. The number of amides is 3. The number of rotatable bonds is 5. The van der Waals surface area contributed by atoms with E-state index in [2.05, 4.69) is 44.7 Å². The van der Waals surface area contributed by atoms with Crippen LogP contribution in [0.3, 0.4) is 0 Å². The normalized spacial score (nSPS) is 23.5. The van der Waals surface area contributed by atoms with Gasteiger partial charge in [0.05, 0.1) is 0 Å². The molecule has 2 aliphatic heterocycles. The number of benzene rings is 1. The fraction of sp³-hybridized carbons (Fsp3) is 0.667. The van der Waals surface area contributed by atoms with Gasteiger partial charge >= 0.3 is 6.03 Å². The number of fused-ring (bicyclic) bond motifs is 1. The zero-order chi connectivity index (χ0) is 20.8. The maximum Gasteiger partial charge on any atom is 0.327 e. The summed E-state index contributed by atoms with van der Waals surface area (Å²) < 4.78 is 0. The van der Waals surface area contributed by atoms with Gasteiger partial charge in [0, 0.05) is 31.7 Å². The number of imide groups is 1. The van der Waals surface area contributed by atoms with E-state index in [9.17, 15) is 9.59 Å². The van der Waals surface area contributed by atoms with E-state index >= 15 is 0 Å². The Hall–Kier alpha value is -1.88. The van der Waals surface area contributed by atoms with Gasteiger partial charge in [0.1, 0.15) is 5.54 Å². The molecule has 1 aromatic rings. The monoisotopic (exact) mass is 397 g/mol. The Balaban J connectivity index is 1.60. The summed E-state index contributed by atoms with van der Waals surface area (Å²) in [5.74, 6) is 0.404. The van der Waals surface area contributed by atoms with Crippen LogP contribution in [0.1, 0.15) is 58.1 Å². The Labute approximate surface area is 175 Å². The van der Waals surface area contributed by atoms with Crippen molar-refractivity contribution in [2.75, 3.05) is 19.6 Å². The van der Waals surface area contributed by atoms with Crippen molar-refractivity contribution in [3.63, 3.8) is 0 Å². The molecule has 1 aliphatic carbocycles. The van der Waals surface area contributed by atoms with Crippen molar-refractivity contribution in [2.45, 2.75) is 77.4 Å². The van der Waals surface area contributed by atoms with E-state index in [1.807, 2.05) is 17.0 Å². The summed E-state index contributed by atoms with van der Waals surface area (Å²) in [7, 11) is 0. The standard InChI is InChI=1S/C24H35N3O2/c1-5-18(4)25-12-10-24(11-13-25)22(28)27(23(29)26(24)16-17(2)3)21-14-19-8-6-7-9-20(19)15-21/h6-9,17-18,21H,5,10-16H2,1-4H3/t18-/m0/s1. The quantitative estimate of drug-likeness (QED) is 0.712. The van der Waals surface area contributed by atoms with Gasteiger partial charge in [0.15, 0.2) is 0 Å². The fourth-order valence-electron chi connectivity index (χ4n) is 5.47. The molecule has 5 heteroatoms. The van der Waals surface area contributed by atoms with Gasteiger partial charge in [-0.15, -0.1) is 0 Å². The van der Waals surface area contributed by atoms with E-state index in [1.165, 1.54) is 11.1 Å². The van der Waals surface area contributed by atoms with Crippen LogP contribution < -0.4 is 0 Å². The lowest BCUT2D eigenvalue weighted by atomic mass is 9.84. The van der Waals surface area contributed by atoms with Crippen molar-refractivity contribution in [3.05, 3.63) is 35.4 Å². The third-order valence-corrected chi connectivity index (χ3v) is 7.35. The molecule has 1 aromatic carbocycles. The molecule has 5 nitrogen and oxygen atoms in total. The number of nitrogens with zero attached hydrogens (tertiary/aromatic N) is 3. The van der Waals surface area contributed by atoms with Crippen molar-refractivity contribution in [3.8, 4) is 0 Å². The molecule has 2 saturated heterocycles. The first kappa shape index (κ1) is 20.4. The minimum absolute atomic E-state index is 0.0333. The Kier molecular flexibility index (Phi) is 5.45. The van der Waals surface area contributed by atoms with Crippen LogP contribution in [0.2, 0.25) is 0 Å². The lowest BCUT2D eigenvalue weighted by Crippen LogP contribution is -2.58. The molecular weight excluding hydrogens is 362 g/mol. The fourth-order valence-corrected chi connectivity index (χ4v) is 5.47. The zero-order valence-corrected chi connectivity index (χ0v) is 18.4. The second-order valence-electron chi connectivity index (χ2n) is 9.62. The van der Waals surface area contributed by atoms with E-state index in [-0.39, 0.29) is 18.0 Å². The highest BCUT2D eigenvalue weighted by Crippen LogP contribution is 2.41. The van der Waals surface area contributed by atoms with Crippen molar-refractivity contribution < 1.29 is 9.59 Å². The van der Waals surface area contributed by atoms with Gasteiger partial charge in [-0.1, -0.05) is 45.0 Å². The number of carbonyl (C=O) groups is 2. The van der Waals surface area contributed by atoms with Crippen LogP contribution in [-0.4, -0.2) is 63.9 Å². The van der Waals surface area contributed by atoms with Crippen molar-refractivity contribution in [1.29, 1.82) is 0 Å². The largest absolute Gasteiger partial charge is 0.327 e. The molecule has 3 amide bonds. The third-order valence-electron chi connectivity index (χ3n) is 7.35. The Bertz CT molecular complexity index is 757. The highest BCUT2D eigenvalue weighted by Gasteiger charge is 2.59. The Morgan fingerprint density at radius 1 is 1.03 bits per heavy atom. The van der Waals surface area contributed by atoms with E-state index < -0.39 is 5.54 Å². The lowest BCUT2D eigenvalue weighted by molar-refractivity contribution is -0.137. The number of carbonyl (C=O) groups excluding carboxylic acids is 2. The summed E-state index contributed by atoms with van der Waals surface area (Å²) in [5.41, 5.74) is 1.92. The summed E-state index contributed by atoms with van der Waals surface area (Å²) in [6.45, 7) is 11.2. The Morgan fingerprint density at radius 3 is 2.14 bits per heavy atom. The third kappa shape index (κ3) is 3.37. The van der Waals surface area contributed by atoms with E-state index in [0.717, 1.165) is 45.2 Å². The van der Waals surface area contributed by atoms with Gasteiger partial charge in [0.2, 0.25) is 0 Å². The molecule has 4 rings (SSSR count). The molecule has 29 heavy (non-hydrogen) atoms. The van der Waals surface area contributed by atoms with Crippen LogP contribution in [0.25, 0.3) is 0 Å². The van der Waals surface area contributed by atoms with Crippen LogP contribution in [0, 0.1) is 5.92 Å². The summed E-state index contributed by atoms with van der Waals surface area (Å²) in [5, 5.41) is 0. The van der Waals surface area contributed by atoms with E-state index in [4.69, 9.17) is 0 Å². The molecule has 0 aromatic heterocycles. The summed E-state index contributed by atoms with van der Waals surface area (Å²) >= 11 is 0. The maximum atomic E-state index is 13.8. The lowest BCUT2D eigenvalue weighted by Gasteiger charge is -2.44. The molecule has 0 radical (unpaired) electrons. The van der Waals surface area contributed by atoms with Crippen LogP contribution in [0.15, 0.2) is 24.3 Å². The summed E-state index contributed by atoms with van der Waals surface area (Å²) in [6, 6.07) is 8.79. The number of urea groups is 1. The summed E-state index contributed by atoms with van der Waals surface area (Å²) in [6.07, 6.45) is 4.20. The summed E-state index contributed by atoms with van der Waals surface area (Å²) in [4.78, 5) is 33.4. The van der Waals surface area contributed by atoms with Crippen LogP contribution >= 0.6 is 0 Å². The molecule has 158 valence electrons. The van der Waals surface area contributed by atoms with Gasteiger partial charge < -0.3 is 9.80 Å². The van der Waals surface area contributed by atoms with Crippen molar-refractivity contribution in [2.24, 2.45) is 5.92 Å². The second kappa shape index (κ2) is 7.75. The average Bonchev–Trinajstić information content (AvgIpc) is 3.21. The smallest absolute Gasteiger partial charge is 0.309 e. The van der Waals surface area contributed by atoms with Crippen molar-refractivity contribution in [1.82, 2.24) is 14.7 Å². The van der Waals surface area contributed by atoms with Gasteiger partial charge in [-0.05, 0) is 56.1 Å². The molecule has 2 heterocycles. The predicted molar refractivity (Wildman–Crippen MR) is 115 cm³/mol. The molecule has 0 unspecified atom stereocenters. The van der Waals surface area contributed by atoms with Crippen molar-refractivity contribution >= 4 is 11.9 Å². The number of hydrogen-bond acceptors (Lipinski definition) is 3. The predicted octanol–water partition coefficient (Wildman–Crippen LogP) is 3.71. The second-order valence-corrected chi connectivity index (χ2v) is 9.62. The van der Waals surface area contributed by atoms with Gasteiger partial charge in [-0.2, -0.15) is 0 Å². The van der Waals surface area contributed by atoms with E-state index in [1.54, 1.807) is 4.90 Å². The minimum Gasteiger partial charge on any atom is -0.309 e. The topological polar surface area (TPSA) is 43.9 Å². The number of hydrogen-bond donors (Lipinski definition) is 0. The SMILES string of the molecule is CC[C@H](C)N1CCC2(CC1)C(=O)N(C1Cc3ccccc3C1)C(=O)N2CC(C)C. The maximum absolute atomic E-state index is 13.8. The number of piperidine rings is 1. The van der Waals surface area contributed by atoms with Crippen LogP contribution in [0.5, 0.6) is 0 Å². The molecule has 3 aliphatic rings. The van der Waals surface area contributed by atoms with Gasteiger partial charge in [-0.25, -0.2) is 4.79 Å². The van der Waals surface area contributed by atoms with E-state index in [0.29, 0.717) is 18.5 Å². The highest BCUT2D eigenvalue weighted by molar-refractivity contribution is 6.07. The highest BCUT2D eigenvalue weighted by atomic mass is 16.2.